The number of hydrogen-bond acceptors (Lipinski definition) is 2. The third-order valence-electron chi connectivity index (χ3n) is 2.07. The molecule has 0 saturated heterocycles. The maximum atomic E-state index is 5.13. The molecule has 0 aromatic carbocycles. The van der Waals surface area contributed by atoms with Crippen LogP contribution in [-0.2, 0) is 4.74 Å². The lowest BCUT2D eigenvalue weighted by atomic mass is 10.2. The van der Waals surface area contributed by atoms with Crippen LogP contribution in [0.25, 0.3) is 0 Å². The van der Waals surface area contributed by atoms with E-state index < -0.39 is 0 Å². The van der Waals surface area contributed by atoms with E-state index in [0.717, 1.165) is 13.1 Å². The molecule has 0 fully saturated rings. The van der Waals surface area contributed by atoms with Gasteiger partial charge < -0.3 is 10.1 Å². The van der Waals surface area contributed by atoms with E-state index in [1.54, 1.807) is 7.11 Å². The number of unbranched alkanes of at least 4 members (excludes halogenated alkanes) is 3. The van der Waals surface area contributed by atoms with Crippen molar-refractivity contribution < 1.29 is 4.74 Å². The van der Waals surface area contributed by atoms with Crippen molar-refractivity contribution in [2.24, 2.45) is 0 Å². The zero-order valence-electron chi connectivity index (χ0n) is 8.81. The van der Waals surface area contributed by atoms with E-state index in [9.17, 15) is 0 Å². The second-order valence-electron chi connectivity index (χ2n) is 3.35. The third-order valence-corrected chi connectivity index (χ3v) is 2.83. The lowest BCUT2D eigenvalue weighted by molar-refractivity contribution is 0.117. The fourth-order valence-corrected chi connectivity index (χ4v) is 1.63. The van der Waals surface area contributed by atoms with E-state index in [4.69, 9.17) is 4.74 Å². The Labute approximate surface area is 95.9 Å². The smallest absolute Gasteiger partial charge is 0.0667 e. The van der Waals surface area contributed by atoms with Gasteiger partial charge in [-0.15, -0.1) is 0 Å². The molecule has 0 aliphatic heterocycles. The van der Waals surface area contributed by atoms with Crippen LogP contribution in [0.5, 0.6) is 0 Å². The number of nitrogens with one attached hydrogen (secondary N) is 1. The van der Waals surface area contributed by atoms with Gasteiger partial charge >= 0.3 is 0 Å². The summed E-state index contributed by atoms with van der Waals surface area (Å²) in [5, 5.41) is 3.39. The minimum Gasteiger partial charge on any atom is -0.380 e. The van der Waals surface area contributed by atoms with Gasteiger partial charge in [0.15, 0.2) is 0 Å². The van der Waals surface area contributed by atoms with Crippen molar-refractivity contribution >= 4 is 22.6 Å². The molecule has 0 aromatic heterocycles. The van der Waals surface area contributed by atoms with Gasteiger partial charge in [-0.2, -0.15) is 0 Å². The van der Waals surface area contributed by atoms with Crippen molar-refractivity contribution in [2.75, 3.05) is 24.6 Å². The van der Waals surface area contributed by atoms with E-state index in [2.05, 4.69) is 34.8 Å². The second-order valence-corrected chi connectivity index (χ2v) is 4.43. The highest BCUT2D eigenvalue weighted by atomic mass is 127. The Morgan fingerprint density at radius 3 is 2.54 bits per heavy atom. The molecule has 0 radical (unpaired) electrons. The fraction of sp³-hybridized carbons (Fsp3) is 1.00. The molecule has 3 heteroatoms. The van der Waals surface area contributed by atoms with Crippen molar-refractivity contribution in [3.05, 3.63) is 0 Å². The zero-order chi connectivity index (χ0) is 9.94. The molecule has 0 aliphatic rings. The molecule has 0 heterocycles. The van der Waals surface area contributed by atoms with Crippen LogP contribution in [-0.4, -0.2) is 30.7 Å². The molecule has 80 valence electrons. The Morgan fingerprint density at radius 2 is 1.92 bits per heavy atom. The lowest BCUT2D eigenvalue weighted by Gasteiger charge is -2.10. The van der Waals surface area contributed by atoms with E-state index in [-0.39, 0.29) is 0 Å². The van der Waals surface area contributed by atoms with Gasteiger partial charge in [0, 0.05) is 13.7 Å². The molecule has 0 spiro atoms. The first-order valence-electron chi connectivity index (χ1n) is 5.10. The third kappa shape index (κ3) is 10.6. The average molecular weight is 299 g/mol. The number of ether oxygens (including phenoxy) is 1. The molecule has 0 saturated carbocycles. The summed E-state index contributed by atoms with van der Waals surface area (Å²) in [7, 11) is 1.76. The van der Waals surface area contributed by atoms with Crippen molar-refractivity contribution in [3.63, 3.8) is 0 Å². The minimum absolute atomic E-state index is 0.342. The monoisotopic (exact) mass is 299 g/mol. The summed E-state index contributed by atoms with van der Waals surface area (Å²) in [6.45, 7) is 4.20. The van der Waals surface area contributed by atoms with E-state index in [1.165, 1.54) is 30.1 Å². The van der Waals surface area contributed by atoms with E-state index in [0.29, 0.717) is 6.10 Å². The minimum atomic E-state index is 0.342. The molecule has 13 heavy (non-hydrogen) atoms. The Morgan fingerprint density at radius 1 is 1.23 bits per heavy atom. The van der Waals surface area contributed by atoms with Crippen LogP contribution in [0.15, 0.2) is 0 Å². The van der Waals surface area contributed by atoms with Gasteiger partial charge in [-0.3, -0.25) is 0 Å². The highest BCUT2D eigenvalue weighted by Gasteiger charge is 1.96. The Hall–Kier alpha value is 0.650. The molecule has 0 bridgehead atoms. The van der Waals surface area contributed by atoms with Gasteiger partial charge in [0.2, 0.25) is 0 Å². The topological polar surface area (TPSA) is 21.3 Å². The quantitative estimate of drug-likeness (QED) is 0.401. The van der Waals surface area contributed by atoms with Crippen LogP contribution in [0.1, 0.15) is 32.6 Å². The van der Waals surface area contributed by atoms with E-state index >= 15 is 0 Å². The maximum absolute atomic E-state index is 5.13. The number of rotatable bonds is 9. The normalized spacial score (nSPS) is 13.2. The predicted molar refractivity (Wildman–Crippen MR) is 66.7 cm³/mol. The SMILES string of the molecule is COC(C)CNCCCCCCI. The van der Waals surface area contributed by atoms with Gasteiger partial charge in [-0.05, 0) is 30.7 Å². The van der Waals surface area contributed by atoms with Gasteiger partial charge in [-0.25, -0.2) is 0 Å². The fourth-order valence-electron chi connectivity index (χ4n) is 1.09. The first kappa shape index (κ1) is 13.7. The van der Waals surface area contributed by atoms with Crippen LogP contribution in [0.4, 0.5) is 0 Å². The van der Waals surface area contributed by atoms with Gasteiger partial charge in [0.25, 0.3) is 0 Å². The summed E-state index contributed by atoms with van der Waals surface area (Å²) < 4.78 is 6.43. The van der Waals surface area contributed by atoms with Crippen molar-refractivity contribution in [1.29, 1.82) is 0 Å². The second kappa shape index (κ2) is 10.7. The van der Waals surface area contributed by atoms with E-state index in [1.807, 2.05) is 0 Å². The van der Waals surface area contributed by atoms with Crippen LogP contribution < -0.4 is 5.32 Å². The molecule has 1 N–H and O–H groups in total. The summed E-state index contributed by atoms with van der Waals surface area (Å²) in [6, 6.07) is 0. The Balaban J connectivity index is 2.91. The van der Waals surface area contributed by atoms with Gasteiger partial charge in [-0.1, -0.05) is 35.4 Å². The van der Waals surface area contributed by atoms with Crippen molar-refractivity contribution in [2.45, 2.75) is 38.7 Å². The summed E-state index contributed by atoms with van der Waals surface area (Å²) in [5.74, 6) is 0. The summed E-state index contributed by atoms with van der Waals surface area (Å²) in [6.07, 6.45) is 5.75. The maximum Gasteiger partial charge on any atom is 0.0667 e. The molecule has 2 nitrogen and oxygen atoms in total. The van der Waals surface area contributed by atoms with Gasteiger partial charge in [0.1, 0.15) is 0 Å². The number of hydrogen-bond donors (Lipinski definition) is 1. The predicted octanol–water partition coefficient (Wildman–Crippen LogP) is 2.61. The number of methoxy groups -OCH3 is 1. The summed E-state index contributed by atoms with van der Waals surface area (Å²) in [4.78, 5) is 0. The zero-order valence-corrected chi connectivity index (χ0v) is 11.0. The summed E-state index contributed by atoms with van der Waals surface area (Å²) in [5.41, 5.74) is 0. The number of halogens is 1. The lowest BCUT2D eigenvalue weighted by Crippen LogP contribution is -2.26. The molecule has 0 amide bonds. The van der Waals surface area contributed by atoms with Crippen LogP contribution >= 0.6 is 22.6 Å². The molecule has 1 atom stereocenters. The average Bonchev–Trinajstić information content (AvgIpc) is 2.16. The first-order chi connectivity index (χ1) is 6.31. The number of alkyl halides is 1. The molecule has 0 aliphatic carbocycles. The molecule has 0 rings (SSSR count). The van der Waals surface area contributed by atoms with Crippen LogP contribution in [0.3, 0.4) is 0 Å². The molecule has 0 aromatic rings. The molecule has 1 unspecified atom stereocenters. The molecular formula is C10H22INO. The highest BCUT2D eigenvalue weighted by Crippen LogP contribution is 2.01. The Bertz CT molecular complexity index is 101. The highest BCUT2D eigenvalue weighted by molar-refractivity contribution is 14.1. The standard InChI is InChI=1S/C10H22INO/c1-10(13-2)9-12-8-6-4-3-5-7-11/h10,12H,3-9H2,1-2H3. The van der Waals surface area contributed by atoms with Crippen LogP contribution in [0.2, 0.25) is 0 Å². The van der Waals surface area contributed by atoms with Crippen molar-refractivity contribution in [1.82, 2.24) is 5.32 Å². The summed E-state index contributed by atoms with van der Waals surface area (Å²) >= 11 is 2.44. The Kier molecular flexibility index (Phi) is 11.3. The van der Waals surface area contributed by atoms with Crippen molar-refractivity contribution in [3.8, 4) is 0 Å². The van der Waals surface area contributed by atoms with Gasteiger partial charge in [0.05, 0.1) is 6.10 Å². The largest absolute Gasteiger partial charge is 0.380 e. The first-order valence-corrected chi connectivity index (χ1v) is 6.63. The van der Waals surface area contributed by atoms with Crippen LogP contribution in [0, 0.1) is 0 Å². The molecular weight excluding hydrogens is 277 g/mol.